The van der Waals surface area contributed by atoms with Crippen molar-refractivity contribution in [1.82, 2.24) is 24.9 Å². The molecule has 1 saturated heterocycles. The minimum absolute atomic E-state index is 0.306. The Morgan fingerprint density at radius 3 is 2.32 bits per heavy atom. The average molecular weight is 493 g/mol. The Kier molecular flexibility index (Phi) is 4.69. The lowest BCUT2D eigenvalue weighted by Gasteiger charge is -2.39. The van der Waals surface area contributed by atoms with Crippen LogP contribution in [0.2, 0.25) is 0 Å². The third kappa shape index (κ3) is 3.22. The quantitative estimate of drug-likeness (QED) is 0.554. The van der Waals surface area contributed by atoms with E-state index in [0.717, 1.165) is 24.4 Å². The van der Waals surface area contributed by atoms with Gasteiger partial charge in [-0.15, -0.1) is 0 Å². The molecular formula is C20H15F8N5O. The van der Waals surface area contributed by atoms with E-state index in [9.17, 15) is 35.1 Å². The second-order valence-corrected chi connectivity index (χ2v) is 8.17. The molecule has 3 aromatic rings. The topological polar surface area (TPSA) is 56.9 Å². The number of nitrogens with zero attached hydrogens (tertiary/aromatic N) is 4. The van der Waals surface area contributed by atoms with E-state index >= 15 is 0 Å². The van der Waals surface area contributed by atoms with Crippen molar-refractivity contribution in [2.45, 2.75) is 30.5 Å². The normalized spacial score (nSPS) is 17.8. The Labute approximate surface area is 186 Å². The lowest BCUT2D eigenvalue weighted by atomic mass is 9.86. The van der Waals surface area contributed by atoms with Gasteiger partial charge >= 0.3 is 18.3 Å². The van der Waals surface area contributed by atoms with Crippen LogP contribution < -0.4 is 5.32 Å². The van der Waals surface area contributed by atoms with Gasteiger partial charge in [0.15, 0.2) is 11.5 Å². The minimum Gasteiger partial charge on any atom is -0.363 e. The molecule has 34 heavy (non-hydrogen) atoms. The molecular weight excluding hydrogens is 478 g/mol. The molecule has 6 nitrogen and oxygen atoms in total. The number of aryl methyl sites for hydroxylation is 1. The van der Waals surface area contributed by atoms with Gasteiger partial charge in [-0.3, -0.25) is 0 Å². The molecule has 0 unspecified atom stereocenters. The predicted octanol–water partition coefficient (Wildman–Crippen LogP) is 4.27. The van der Waals surface area contributed by atoms with Crippen molar-refractivity contribution >= 4 is 0 Å². The monoisotopic (exact) mass is 493 g/mol. The van der Waals surface area contributed by atoms with Gasteiger partial charge in [0, 0.05) is 31.9 Å². The molecule has 14 heteroatoms. The smallest absolute Gasteiger partial charge is 0.363 e. The highest BCUT2D eigenvalue weighted by atomic mass is 19.4. The largest absolute Gasteiger partial charge is 0.459 e. The van der Waals surface area contributed by atoms with Crippen molar-refractivity contribution in [3.63, 3.8) is 0 Å². The number of aromatic nitrogens is 4. The van der Waals surface area contributed by atoms with Crippen molar-refractivity contribution in [3.8, 4) is 16.9 Å². The summed E-state index contributed by atoms with van der Waals surface area (Å²) in [4.78, 5) is 0. The molecule has 1 spiro atoms. The van der Waals surface area contributed by atoms with Crippen LogP contribution in [-0.4, -0.2) is 38.8 Å². The van der Waals surface area contributed by atoms with Crippen LogP contribution in [0.1, 0.15) is 22.4 Å². The van der Waals surface area contributed by atoms with E-state index in [1.165, 1.54) is 6.20 Å². The maximum Gasteiger partial charge on any atom is 0.459 e. The Bertz CT molecular complexity index is 1270. The first-order chi connectivity index (χ1) is 15.7. The van der Waals surface area contributed by atoms with Crippen LogP contribution in [0.3, 0.4) is 0 Å². The van der Waals surface area contributed by atoms with E-state index in [1.54, 1.807) is 6.07 Å². The van der Waals surface area contributed by atoms with Gasteiger partial charge in [0.05, 0.1) is 12.8 Å². The molecule has 182 valence electrons. The second-order valence-electron chi connectivity index (χ2n) is 8.17. The van der Waals surface area contributed by atoms with Gasteiger partial charge in [-0.1, -0.05) is 12.1 Å². The van der Waals surface area contributed by atoms with Crippen molar-refractivity contribution in [3.05, 3.63) is 53.0 Å². The zero-order valence-electron chi connectivity index (χ0n) is 17.2. The second kappa shape index (κ2) is 7.01. The molecule has 0 saturated carbocycles. The number of ether oxygens (including phenoxy) is 1. The lowest BCUT2D eigenvalue weighted by molar-refractivity contribution is -0.292. The molecule has 2 aliphatic rings. The van der Waals surface area contributed by atoms with Crippen LogP contribution in [0.5, 0.6) is 0 Å². The molecule has 1 fully saturated rings. The number of alkyl halides is 8. The van der Waals surface area contributed by atoms with Gasteiger partial charge in [-0.2, -0.15) is 45.3 Å². The standard InChI is InChI=1S/C20H15F8N5O/c1-32-16(14(19(23,24)25)15(31-32)18(21,22)20(26,27)28)33-6-12(5-30-33)10-2-3-11-7-34-17(8-29-9-17)13(11)4-10/h2-6,29H,7-9H2,1H3. The first-order valence-corrected chi connectivity index (χ1v) is 9.87. The number of hydrogen-bond donors (Lipinski definition) is 1. The summed E-state index contributed by atoms with van der Waals surface area (Å²) in [7, 11) is 0.835. The van der Waals surface area contributed by atoms with Gasteiger partial charge in [0.2, 0.25) is 0 Å². The van der Waals surface area contributed by atoms with Gasteiger partial charge in [-0.05, 0) is 22.8 Å². The van der Waals surface area contributed by atoms with Crippen molar-refractivity contribution < 1.29 is 39.9 Å². The molecule has 0 amide bonds. The summed E-state index contributed by atoms with van der Waals surface area (Å²) >= 11 is 0. The lowest BCUT2D eigenvalue weighted by Crippen LogP contribution is -2.56. The number of rotatable bonds is 3. The molecule has 0 aliphatic carbocycles. The fraction of sp³-hybridized carbons (Fsp3) is 0.400. The van der Waals surface area contributed by atoms with E-state index in [2.05, 4.69) is 15.5 Å². The maximum absolute atomic E-state index is 13.9. The summed E-state index contributed by atoms with van der Waals surface area (Å²) in [5.41, 5.74) is -2.35. The Balaban J connectivity index is 1.60. The summed E-state index contributed by atoms with van der Waals surface area (Å²) in [5, 5.41) is 9.83. The van der Waals surface area contributed by atoms with E-state index in [1.807, 2.05) is 12.1 Å². The molecule has 0 bridgehead atoms. The van der Waals surface area contributed by atoms with Crippen LogP contribution in [0, 0.1) is 0 Å². The molecule has 0 atom stereocenters. The fourth-order valence-electron chi connectivity index (χ4n) is 4.22. The molecule has 2 aliphatic heterocycles. The number of benzene rings is 1. The van der Waals surface area contributed by atoms with Crippen molar-refractivity contribution in [1.29, 1.82) is 0 Å². The third-order valence-electron chi connectivity index (χ3n) is 6.01. The highest BCUT2D eigenvalue weighted by Gasteiger charge is 2.64. The highest BCUT2D eigenvalue weighted by Crippen LogP contribution is 2.49. The van der Waals surface area contributed by atoms with Crippen molar-refractivity contribution in [2.75, 3.05) is 13.1 Å². The number of halogens is 8. The van der Waals surface area contributed by atoms with E-state index in [0.29, 0.717) is 40.2 Å². The first kappa shape index (κ1) is 22.8. The van der Waals surface area contributed by atoms with Crippen LogP contribution in [0.4, 0.5) is 35.1 Å². The Morgan fingerprint density at radius 2 is 1.74 bits per heavy atom. The molecule has 0 radical (unpaired) electrons. The van der Waals surface area contributed by atoms with E-state index < -0.39 is 41.0 Å². The van der Waals surface area contributed by atoms with Crippen LogP contribution >= 0.6 is 0 Å². The third-order valence-corrected chi connectivity index (χ3v) is 6.01. The number of hydrogen-bond acceptors (Lipinski definition) is 4. The fourth-order valence-corrected chi connectivity index (χ4v) is 4.22. The SMILES string of the molecule is Cn1nc(C(F)(F)C(F)(F)F)c(C(F)(F)F)c1-n1cc(-c2ccc3c(c2)C2(CNC2)OC3)cn1. The van der Waals surface area contributed by atoms with Gasteiger partial charge < -0.3 is 10.1 Å². The van der Waals surface area contributed by atoms with Crippen LogP contribution in [0.15, 0.2) is 30.6 Å². The molecule has 1 N–H and O–H groups in total. The molecule has 5 rings (SSSR count). The van der Waals surface area contributed by atoms with Crippen LogP contribution in [-0.2, 0) is 36.1 Å². The summed E-state index contributed by atoms with van der Waals surface area (Å²) in [5.74, 6) is -6.89. The predicted molar refractivity (Wildman–Crippen MR) is 100 cm³/mol. The molecule has 1 aromatic carbocycles. The summed E-state index contributed by atoms with van der Waals surface area (Å²) in [6.07, 6.45) is -9.52. The van der Waals surface area contributed by atoms with Gasteiger partial charge in [0.1, 0.15) is 11.2 Å². The van der Waals surface area contributed by atoms with Gasteiger partial charge in [-0.25, -0.2) is 9.36 Å². The summed E-state index contributed by atoms with van der Waals surface area (Å²) < 4.78 is 114. The Morgan fingerprint density at radius 1 is 1.03 bits per heavy atom. The highest BCUT2D eigenvalue weighted by molar-refractivity contribution is 5.65. The average Bonchev–Trinajstić information content (AvgIpc) is 3.40. The number of fused-ring (bicyclic) bond motifs is 2. The Hall–Kier alpha value is -3.00. The van der Waals surface area contributed by atoms with Gasteiger partial charge in [0.25, 0.3) is 0 Å². The maximum atomic E-state index is 13.9. The minimum atomic E-state index is -6.27. The summed E-state index contributed by atoms with van der Waals surface area (Å²) in [6, 6.07) is 5.32. The van der Waals surface area contributed by atoms with E-state index in [4.69, 9.17) is 4.74 Å². The molecule has 4 heterocycles. The van der Waals surface area contributed by atoms with E-state index in [-0.39, 0.29) is 0 Å². The zero-order chi connectivity index (χ0) is 24.7. The first-order valence-electron chi connectivity index (χ1n) is 9.87. The van der Waals surface area contributed by atoms with Crippen molar-refractivity contribution in [2.24, 2.45) is 7.05 Å². The summed E-state index contributed by atoms with van der Waals surface area (Å²) in [6.45, 7) is 1.61. The number of nitrogens with one attached hydrogen (secondary N) is 1. The molecule has 2 aromatic heterocycles. The zero-order valence-corrected chi connectivity index (χ0v) is 17.2. The van der Waals surface area contributed by atoms with Crippen LogP contribution in [0.25, 0.3) is 16.9 Å².